The molecular formula is C21H26N4O4S. The highest BCUT2D eigenvalue weighted by Gasteiger charge is 2.25. The van der Waals surface area contributed by atoms with Gasteiger partial charge in [-0.05, 0) is 57.2 Å². The molecule has 1 heterocycles. The first-order valence-corrected chi connectivity index (χ1v) is 10.5. The molecule has 0 aromatic heterocycles. The Hall–Kier alpha value is -2.94. The molecule has 2 N–H and O–H groups in total. The second kappa shape index (κ2) is 8.83. The molecule has 2 aromatic carbocycles. The van der Waals surface area contributed by atoms with Gasteiger partial charge < -0.3 is 20.3 Å². The fourth-order valence-electron chi connectivity index (χ4n) is 3.10. The molecule has 0 atom stereocenters. The summed E-state index contributed by atoms with van der Waals surface area (Å²) in [6, 6.07) is 12.8. The van der Waals surface area contributed by atoms with Crippen molar-refractivity contribution in [3.05, 3.63) is 52.6 Å². The number of amides is 1. The summed E-state index contributed by atoms with van der Waals surface area (Å²) in [5, 5.41) is 10.9. The highest BCUT2D eigenvalue weighted by molar-refractivity contribution is 7.99. The minimum Gasteiger partial charge on any atom is -0.444 e. The van der Waals surface area contributed by atoms with Gasteiger partial charge >= 0.3 is 6.09 Å². The number of hydrogen-bond donors (Lipinski definition) is 1. The van der Waals surface area contributed by atoms with Crippen LogP contribution in [0.5, 0.6) is 0 Å². The lowest BCUT2D eigenvalue weighted by atomic mass is 10.2. The Bertz CT molecular complexity index is 920. The second-order valence-corrected chi connectivity index (χ2v) is 9.18. The summed E-state index contributed by atoms with van der Waals surface area (Å²) in [5.41, 5.74) is 6.44. The van der Waals surface area contributed by atoms with E-state index in [9.17, 15) is 14.9 Å². The van der Waals surface area contributed by atoms with Crippen LogP contribution in [0.15, 0.2) is 52.3 Å². The SMILES string of the molecule is CC(C)(C)OC(=O)N1CCN(c2ccc(Sc3ccc([N+](=O)[O-])c(N)c3)cc2)CC1. The monoisotopic (exact) mass is 430 g/mol. The molecule has 0 aliphatic carbocycles. The van der Waals surface area contributed by atoms with Crippen LogP contribution in [0.4, 0.5) is 21.9 Å². The maximum Gasteiger partial charge on any atom is 0.410 e. The first-order chi connectivity index (χ1) is 14.1. The Balaban J connectivity index is 1.57. The zero-order chi connectivity index (χ0) is 21.9. The number of hydrogen-bond acceptors (Lipinski definition) is 7. The predicted molar refractivity (Wildman–Crippen MR) is 118 cm³/mol. The van der Waals surface area contributed by atoms with Gasteiger partial charge in [0.15, 0.2) is 0 Å². The number of benzene rings is 2. The summed E-state index contributed by atoms with van der Waals surface area (Å²) >= 11 is 1.50. The lowest BCUT2D eigenvalue weighted by molar-refractivity contribution is -0.383. The number of ether oxygens (including phenoxy) is 1. The van der Waals surface area contributed by atoms with Crippen molar-refractivity contribution in [2.24, 2.45) is 0 Å². The molecule has 0 unspecified atom stereocenters. The molecule has 30 heavy (non-hydrogen) atoms. The highest BCUT2D eigenvalue weighted by Crippen LogP contribution is 2.33. The molecule has 0 spiro atoms. The molecular weight excluding hydrogens is 404 g/mol. The van der Waals surface area contributed by atoms with Crippen LogP contribution >= 0.6 is 11.8 Å². The normalized spacial score (nSPS) is 14.5. The fraction of sp³-hybridized carbons (Fsp3) is 0.381. The van der Waals surface area contributed by atoms with Gasteiger partial charge in [-0.3, -0.25) is 10.1 Å². The van der Waals surface area contributed by atoms with Crippen molar-refractivity contribution in [3.63, 3.8) is 0 Å². The van der Waals surface area contributed by atoms with E-state index in [0.717, 1.165) is 28.6 Å². The van der Waals surface area contributed by atoms with Gasteiger partial charge in [0.2, 0.25) is 0 Å². The molecule has 2 aromatic rings. The van der Waals surface area contributed by atoms with Gasteiger partial charge in [-0.15, -0.1) is 0 Å². The molecule has 1 aliphatic rings. The quantitative estimate of drug-likeness (QED) is 0.436. The second-order valence-electron chi connectivity index (χ2n) is 8.03. The van der Waals surface area contributed by atoms with Gasteiger partial charge in [0, 0.05) is 47.7 Å². The predicted octanol–water partition coefficient (Wildman–Crippen LogP) is 4.39. The van der Waals surface area contributed by atoms with Crippen LogP contribution in [0.25, 0.3) is 0 Å². The Morgan fingerprint density at radius 2 is 1.67 bits per heavy atom. The number of carbonyl (C=O) groups excluding carboxylic acids is 1. The van der Waals surface area contributed by atoms with Crippen molar-refractivity contribution in [3.8, 4) is 0 Å². The Morgan fingerprint density at radius 3 is 2.20 bits per heavy atom. The summed E-state index contributed by atoms with van der Waals surface area (Å²) in [5.74, 6) is 0. The molecule has 1 amide bonds. The van der Waals surface area contributed by atoms with Crippen molar-refractivity contribution < 1.29 is 14.5 Å². The molecule has 3 rings (SSSR count). The summed E-state index contributed by atoms with van der Waals surface area (Å²) in [7, 11) is 0. The summed E-state index contributed by atoms with van der Waals surface area (Å²) in [6.07, 6.45) is -0.267. The minimum atomic E-state index is -0.490. The minimum absolute atomic E-state index is 0.0831. The summed E-state index contributed by atoms with van der Waals surface area (Å²) in [6.45, 7) is 8.32. The van der Waals surface area contributed by atoms with E-state index >= 15 is 0 Å². The summed E-state index contributed by atoms with van der Waals surface area (Å²) < 4.78 is 5.44. The van der Waals surface area contributed by atoms with Crippen molar-refractivity contribution in [2.45, 2.75) is 36.2 Å². The van der Waals surface area contributed by atoms with E-state index in [1.54, 1.807) is 17.0 Å². The first kappa shape index (κ1) is 21.8. The number of nitro benzene ring substituents is 1. The van der Waals surface area contributed by atoms with E-state index in [0.29, 0.717) is 13.1 Å². The topological polar surface area (TPSA) is 102 Å². The van der Waals surface area contributed by atoms with Gasteiger partial charge in [-0.2, -0.15) is 0 Å². The Labute approximate surface area is 180 Å². The van der Waals surface area contributed by atoms with Crippen LogP contribution in [0, 0.1) is 10.1 Å². The van der Waals surface area contributed by atoms with Gasteiger partial charge in [0.1, 0.15) is 11.3 Å². The standard InChI is InChI=1S/C21H26N4O4S/c1-21(2,3)29-20(26)24-12-10-23(11-13-24)15-4-6-16(7-5-15)30-17-8-9-19(25(27)28)18(22)14-17/h4-9,14H,10-13,22H2,1-3H3. The number of carbonyl (C=O) groups is 1. The van der Waals surface area contributed by atoms with Gasteiger partial charge in [-0.25, -0.2) is 4.79 Å². The summed E-state index contributed by atoms with van der Waals surface area (Å²) in [4.78, 5) is 28.4. The van der Waals surface area contributed by atoms with Crippen molar-refractivity contribution in [1.29, 1.82) is 0 Å². The third kappa shape index (κ3) is 5.56. The van der Waals surface area contributed by atoms with E-state index in [1.807, 2.05) is 45.0 Å². The average molecular weight is 431 g/mol. The van der Waals surface area contributed by atoms with Crippen LogP contribution in [0.1, 0.15) is 20.8 Å². The maximum absolute atomic E-state index is 12.2. The first-order valence-electron chi connectivity index (χ1n) is 9.67. The number of anilines is 2. The van der Waals surface area contributed by atoms with Crippen LogP contribution in [-0.4, -0.2) is 47.7 Å². The fourth-order valence-corrected chi connectivity index (χ4v) is 3.96. The van der Waals surface area contributed by atoms with Crippen LogP contribution < -0.4 is 10.6 Å². The van der Waals surface area contributed by atoms with Crippen molar-refractivity contribution in [1.82, 2.24) is 4.90 Å². The van der Waals surface area contributed by atoms with Crippen molar-refractivity contribution in [2.75, 3.05) is 36.8 Å². The van der Waals surface area contributed by atoms with E-state index in [1.165, 1.54) is 17.8 Å². The molecule has 9 heteroatoms. The van der Waals surface area contributed by atoms with Gasteiger partial charge in [0.05, 0.1) is 4.92 Å². The smallest absolute Gasteiger partial charge is 0.410 e. The number of nitrogen functional groups attached to an aromatic ring is 1. The van der Waals surface area contributed by atoms with Crippen LogP contribution in [0.2, 0.25) is 0 Å². The van der Waals surface area contributed by atoms with E-state index in [4.69, 9.17) is 10.5 Å². The molecule has 160 valence electrons. The zero-order valence-electron chi connectivity index (χ0n) is 17.3. The number of piperazine rings is 1. The van der Waals surface area contributed by atoms with Crippen LogP contribution in [0.3, 0.4) is 0 Å². The number of rotatable bonds is 4. The largest absolute Gasteiger partial charge is 0.444 e. The number of nitrogens with zero attached hydrogens (tertiary/aromatic N) is 3. The number of nitrogens with two attached hydrogens (primary N) is 1. The molecule has 8 nitrogen and oxygen atoms in total. The number of nitro groups is 1. The molecule has 0 bridgehead atoms. The maximum atomic E-state index is 12.2. The molecule has 1 fully saturated rings. The zero-order valence-corrected chi connectivity index (χ0v) is 18.1. The average Bonchev–Trinajstić information content (AvgIpc) is 2.67. The molecule has 0 saturated carbocycles. The lowest BCUT2D eigenvalue weighted by Crippen LogP contribution is -2.50. The Kier molecular flexibility index (Phi) is 6.40. The molecule has 1 aliphatic heterocycles. The van der Waals surface area contributed by atoms with Crippen LogP contribution in [-0.2, 0) is 4.74 Å². The van der Waals surface area contributed by atoms with E-state index in [-0.39, 0.29) is 17.5 Å². The third-order valence-electron chi connectivity index (χ3n) is 4.56. The van der Waals surface area contributed by atoms with E-state index < -0.39 is 10.5 Å². The highest BCUT2D eigenvalue weighted by atomic mass is 32.2. The van der Waals surface area contributed by atoms with E-state index in [2.05, 4.69) is 4.90 Å². The van der Waals surface area contributed by atoms with Gasteiger partial charge in [0.25, 0.3) is 5.69 Å². The third-order valence-corrected chi connectivity index (χ3v) is 5.56. The lowest BCUT2D eigenvalue weighted by Gasteiger charge is -2.36. The van der Waals surface area contributed by atoms with Crippen molar-refractivity contribution >= 4 is 34.9 Å². The Morgan fingerprint density at radius 1 is 1.07 bits per heavy atom. The molecule has 0 radical (unpaired) electrons. The van der Waals surface area contributed by atoms with Gasteiger partial charge in [-0.1, -0.05) is 11.8 Å². The molecule has 1 saturated heterocycles.